The molecule has 0 aliphatic carbocycles. The van der Waals surface area contributed by atoms with Crippen LogP contribution in [0, 0.1) is 0 Å². The molecule has 3 heterocycles. The molecule has 0 fully saturated rings. The van der Waals surface area contributed by atoms with E-state index in [1.807, 2.05) is 66.7 Å². The van der Waals surface area contributed by atoms with E-state index in [2.05, 4.69) is 138 Å². The van der Waals surface area contributed by atoms with E-state index in [1.54, 1.807) is 0 Å². The average Bonchev–Trinajstić information content (AvgIpc) is 3.92. The molecule has 60 heavy (non-hydrogen) atoms. The Morgan fingerprint density at radius 3 is 1.58 bits per heavy atom. The second kappa shape index (κ2) is 13.7. The molecule has 0 bridgehead atoms. The topological polar surface area (TPSA) is 69.6 Å². The first kappa shape index (κ1) is 33.9. The zero-order chi connectivity index (χ0) is 39.6. The van der Waals surface area contributed by atoms with E-state index >= 15 is 0 Å². The van der Waals surface area contributed by atoms with E-state index in [1.165, 1.54) is 21.8 Å². The standard InChI is InChI=1S/C54H33N5O/c1-3-14-35(15-4-1)51-56-52(36-26-29-38(30-27-36)59-47-24-11-9-21-42(47)43-22-10-12-25-48(43)59)58-53(57-51)45-32-31-41(39-19-7-8-20-40(39)45)44-23-13-18-34-28-33-46-50(49(34)44)60-54(55-46)37-16-5-2-6-17-37/h1-33H. The van der Waals surface area contributed by atoms with E-state index in [4.69, 9.17) is 24.4 Å². The van der Waals surface area contributed by atoms with Crippen molar-refractivity contribution >= 4 is 54.5 Å². The van der Waals surface area contributed by atoms with Crippen molar-refractivity contribution in [1.82, 2.24) is 24.5 Å². The van der Waals surface area contributed by atoms with Gasteiger partial charge in [0.2, 0.25) is 5.89 Å². The molecule has 9 aromatic carbocycles. The van der Waals surface area contributed by atoms with Gasteiger partial charge in [-0.3, -0.25) is 0 Å². The second-order valence-corrected chi connectivity index (χ2v) is 15.0. The van der Waals surface area contributed by atoms with Crippen molar-refractivity contribution in [2.45, 2.75) is 0 Å². The maximum absolute atomic E-state index is 6.57. The number of aromatic nitrogens is 5. The molecule has 280 valence electrons. The zero-order valence-electron chi connectivity index (χ0n) is 32.2. The molecule has 12 rings (SSSR count). The summed E-state index contributed by atoms with van der Waals surface area (Å²) in [7, 11) is 0. The summed E-state index contributed by atoms with van der Waals surface area (Å²) in [5, 5.41) is 6.70. The number of fused-ring (bicyclic) bond motifs is 7. The lowest BCUT2D eigenvalue weighted by Gasteiger charge is -2.14. The molecule has 0 atom stereocenters. The average molecular weight is 768 g/mol. The number of benzene rings is 9. The number of rotatable bonds is 6. The highest BCUT2D eigenvalue weighted by atomic mass is 16.3. The molecule has 0 N–H and O–H groups in total. The maximum Gasteiger partial charge on any atom is 0.227 e. The summed E-state index contributed by atoms with van der Waals surface area (Å²) in [4.78, 5) is 20.3. The van der Waals surface area contributed by atoms with Crippen LogP contribution in [0.3, 0.4) is 0 Å². The summed E-state index contributed by atoms with van der Waals surface area (Å²) in [5.74, 6) is 2.44. The van der Waals surface area contributed by atoms with Crippen molar-refractivity contribution in [2.24, 2.45) is 0 Å². The van der Waals surface area contributed by atoms with Gasteiger partial charge in [-0.25, -0.2) is 19.9 Å². The van der Waals surface area contributed by atoms with Gasteiger partial charge in [0.1, 0.15) is 5.52 Å². The Kier molecular flexibility index (Phi) is 7.74. The highest BCUT2D eigenvalue weighted by Crippen LogP contribution is 2.41. The lowest BCUT2D eigenvalue weighted by molar-refractivity contribution is 0.623. The largest absolute Gasteiger partial charge is 0.435 e. The van der Waals surface area contributed by atoms with Crippen LogP contribution in [-0.4, -0.2) is 24.5 Å². The molecule has 6 heteroatoms. The summed E-state index contributed by atoms with van der Waals surface area (Å²) in [5.41, 5.74) is 10.9. The van der Waals surface area contributed by atoms with E-state index < -0.39 is 0 Å². The second-order valence-electron chi connectivity index (χ2n) is 15.0. The molecule has 12 aromatic rings. The van der Waals surface area contributed by atoms with Crippen LogP contribution in [-0.2, 0) is 0 Å². The molecule has 0 unspecified atom stereocenters. The van der Waals surface area contributed by atoms with Crippen molar-refractivity contribution in [3.63, 3.8) is 0 Å². The highest BCUT2D eigenvalue weighted by Gasteiger charge is 2.20. The smallest absolute Gasteiger partial charge is 0.227 e. The highest BCUT2D eigenvalue weighted by molar-refractivity contribution is 6.16. The van der Waals surface area contributed by atoms with Gasteiger partial charge in [0.25, 0.3) is 0 Å². The minimum atomic E-state index is 0.606. The predicted octanol–water partition coefficient (Wildman–Crippen LogP) is 13.8. The lowest BCUT2D eigenvalue weighted by atomic mass is 9.91. The minimum Gasteiger partial charge on any atom is -0.435 e. The van der Waals surface area contributed by atoms with E-state index in [0.717, 1.165) is 71.7 Å². The molecule has 3 aromatic heterocycles. The van der Waals surface area contributed by atoms with Crippen LogP contribution in [0.5, 0.6) is 0 Å². The van der Waals surface area contributed by atoms with Crippen molar-refractivity contribution in [1.29, 1.82) is 0 Å². The Hall–Kier alpha value is -8.22. The zero-order valence-corrected chi connectivity index (χ0v) is 32.2. The van der Waals surface area contributed by atoms with Crippen molar-refractivity contribution < 1.29 is 4.42 Å². The fourth-order valence-corrected chi connectivity index (χ4v) is 8.71. The Balaban J connectivity index is 1.01. The summed E-state index contributed by atoms with van der Waals surface area (Å²) in [6, 6.07) is 69.3. The van der Waals surface area contributed by atoms with E-state index in [9.17, 15) is 0 Å². The summed E-state index contributed by atoms with van der Waals surface area (Å²) >= 11 is 0. The third-order valence-corrected chi connectivity index (χ3v) is 11.5. The number of nitrogens with zero attached hydrogens (tertiary/aromatic N) is 5. The number of para-hydroxylation sites is 2. The van der Waals surface area contributed by atoms with Crippen LogP contribution in [0.4, 0.5) is 0 Å². The van der Waals surface area contributed by atoms with E-state index in [-0.39, 0.29) is 0 Å². The third kappa shape index (κ3) is 5.50. The molecule has 6 nitrogen and oxygen atoms in total. The van der Waals surface area contributed by atoms with Gasteiger partial charge in [0.05, 0.1) is 11.0 Å². The predicted molar refractivity (Wildman–Crippen MR) is 244 cm³/mol. The molecular formula is C54H33N5O. The Morgan fingerprint density at radius 2 is 0.900 bits per heavy atom. The normalized spacial score (nSPS) is 11.7. The fraction of sp³-hybridized carbons (Fsp3) is 0. The first-order valence-electron chi connectivity index (χ1n) is 20.1. The van der Waals surface area contributed by atoms with Crippen LogP contribution in [0.1, 0.15) is 0 Å². The van der Waals surface area contributed by atoms with Crippen molar-refractivity contribution in [3.8, 4) is 62.4 Å². The van der Waals surface area contributed by atoms with Gasteiger partial charge in [-0.2, -0.15) is 0 Å². The Bertz CT molecular complexity index is 3540. The maximum atomic E-state index is 6.57. The fourth-order valence-electron chi connectivity index (χ4n) is 8.71. The van der Waals surface area contributed by atoms with Crippen LogP contribution >= 0.6 is 0 Å². The minimum absolute atomic E-state index is 0.606. The summed E-state index contributed by atoms with van der Waals surface area (Å²) in [6.07, 6.45) is 0. The molecule has 0 amide bonds. The quantitative estimate of drug-likeness (QED) is 0.168. The third-order valence-electron chi connectivity index (χ3n) is 11.5. The lowest BCUT2D eigenvalue weighted by Crippen LogP contribution is -2.01. The Morgan fingerprint density at radius 1 is 0.350 bits per heavy atom. The van der Waals surface area contributed by atoms with Crippen LogP contribution < -0.4 is 0 Å². The molecule has 0 saturated carbocycles. The van der Waals surface area contributed by atoms with Crippen molar-refractivity contribution in [2.75, 3.05) is 0 Å². The number of oxazole rings is 1. The molecule has 0 saturated heterocycles. The number of hydrogen-bond acceptors (Lipinski definition) is 5. The molecule has 0 spiro atoms. The molecule has 0 aliphatic heterocycles. The van der Waals surface area contributed by atoms with Crippen LogP contribution in [0.25, 0.3) is 117 Å². The van der Waals surface area contributed by atoms with Crippen LogP contribution in [0.15, 0.2) is 205 Å². The van der Waals surface area contributed by atoms with Gasteiger partial charge in [0, 0.05) is 44.1 Å². The van der Waals surface area contributed by atoms with Gasteiger partial charge in [-0.1, -0.05) is 140 Å². The monoisotopic (exact) mass is 767 g/mol. The molecule has 0 aliphatic rings. The summed E-state index contributed by atoms with van der Waals surface area (Å²) < 4.78 is 8.89. The molecular weight excluding hydrogens is 735 g/mol. The van der Waals surface area contributed by atoms with Gasteiger partial charge in [-0.05, 0) is 87.9 Å². The van der Waals surface area contributed by atoms with Crippen LogP contribution in [0.2, 0.25) is 0 Å². The molecule has 0 radical (unpaired) electrons. The van der Waals surface area contributed by atoms with E-state index in [0.29, 0.717) is 23.4 Å². The van der Waals surface area contributed by atoms with Gasteiger partial charge in [0.15, 0.2) is 23.1 Å². The van der Waals surface area contributed by atoms with Gasteiger partial charge < -0.3 is 8.98 Å². The summed E-state index contributed by atoms with van der Waals surface area (Å²) in [6.45, 7) is 0. The Labute approximate surface area is 344 Å². The van der Waals surface area contributed by atoms with Gasteiger partial charge >= 0.3 is 0 Å². The number of hydrogen-bond donors (Lipinski definition) is 0. The van der Waals surface area contributed by atoms with Gasteiger partial charge in [-0.15, -0.1) is 0 Å². The first-order chi connectivity index (χ1) is 29.7. The first-order valence-corrected chi connectivity index (χ1v) is 20.1. The van der Waals surface area contributed by atoms with Crippen molar-refractivity contribution in [3.05, 3.63) is 200 Å². The SMILES string of the molecule is c1ccc(-c2nc(-c3ccc(-n4c5ccccc5c5ccccc54)cc3)nc(-c3ccc(-c4cccc5ccc6nc(-c7ccccc7)oc6c45)c4ccccc34)n2)cc1.